The highest BCUT2D eigenvalue weighted by atomic mass is 79.9. The molecule has 2 bridgehead atoms. The van der Waals surface area contributed by atoms with Crippen LogP contribution >= 0.6 is 27.7 Å². The Kier molecular flexibility index (Phi) is 10.8. The number of aliphatic hydroxyl groups excluding tert-OH is 1. The monoisotopic (exact) mass is 695 g/mol. The summed E-state index contributed by atoms with van der Waals surface area (Å²) in [5.41, 5.74) is 1.45. The summed E-state index contributed by atoms with van der Waals surface area (Å²) < 4.78 is 4.58. The second-order valence-corrected chi connectivity index (χ2v) is 14.6. The van der Waals surface area contributed by atoms with Gasteiger partial charge >= 0.3 is 0 Å². The van der Waals surface area contributed by atoms with Gasteiger partial charge in [0.25, 0.3) is 5.91 Å². The minimum absolute atomic E-state index is 0.0319. The third-order valence-corrected chi connectivity index (χ3v) is 12.4. The SMILES string of the molecule is C=CCN(C(=O)C1N(CCCCCCO)C(=O)[C@@H]2[C@H](C(=O)N(CC=C)c3ccccc3)[C@H]3SC12CC3Br)c1ccc(OC)cc1. The largest absolute Gasteiger partial charge is 0.497 e. The molecule has 45 heavy (non-hydrogen) atoms. The van der Waals surface area contributed by atoms with Crippen LogP contribution in [0.3, 0.4) is 0 Å². The summed E-state index contributed by atoms with van der Waals surface area (Å²) >= 11 is 5.53. The van der Waals surface area contributed by atoms with E-state index in [4.69, 9.17) is 4.74 Å². The van der Waals surface area contributed by atoms with Crippen LogP contribution in [0.4, 0.5) is 11.4 Å². The molecule has 0 saturated carbocycles. The quantitative estimate of drug-likeness (QED) is 0.151. The van der Waals surface area contributed by atoms with Gasteiger partial charge in [0.2, 0.25) is 11.8 Å². The second kappa shape index (κ2) is 14.6. The van der Waals surface area contributed by atoms with Crippen LogP contribution in [0.2, 0.25) is 0 Å². The van der Waals surface area contributed by atoms with Crippen molar-refractivity contribution in [3.8, 4) is 5.75 Å². The van der Waals surface area contributed by atoms with Crippen LogP contribution in [-0.4, -0.2) is 81.9 Å². The summed E-state index contributed by atoms with van der Waals surface area (Å²) in [5, 5.41) is 9.10. The molecule has 1 spiro atoms. The minimum Gasteiger partial charge on any atom is -0.497 e. The summed E-state index contributed by atoms with van der Waals surface area (Å²) in [6, 6.07) is 16.1. The molecule has 3 heterocycles. The highest BCUT2D eigenvalue weighted by Gasteiger charge is 2.76. The van der Waals surface area contributed by atoms with Crippen LogP contribution in [0.15, 0.2) is 79.9 Å². The number of methoxy groups -OCH3 is 1. The molecule has 3 saturated heterocycles. The molecule has 0 aliphatic carbocycles. The number of rotatable bonds is 15. The molecule has 0 radical (unpaired) electrons. The molecule has 3 amide bonds. The standard InChI is InChI=1S/C35H42BrN3O5S/c1-4-19-37(24-13-9-8-10-14-24)32(41)28-29-33(42)39(21-11-6-7-12-22-40)31(35(29)23-27(36)30(28)45-35)34(43)38(20-5-2)25-15-17-26(44-3)18-16-25/h4-5,8-10,13-18,27-31,40H,1-2,6-7,11-12,19-23H2,3H3/t27?,28-,29-,30-,31?,35?/m0/s1. The molecule has 3 fully saturated rings. The molecule has 3 unspecified atom stereocenters. The molecule has 240 valence electrons. The van der Waals surface area contributed by atoms with Crippen molar-refractivity contribution in [3.63, 3.8) is 0 Å². The summed E-state index contributed by atoms with van der Waals surface area (Å²) in [5.74, 6) is -0.944. The van der Waals surface area contributed by atoms with Gasteiger partial charge in [-0.25, -0.2) is 0 Å². The molecule has 3 aliphatic rings. The highest BCUT2D eigenvalue weighted by Crippen LogP contribution is 2.68. The number of aliphatic hydroxyl groups is 1. The van der Waals surface area contributed by atoms with Gasteiger partial charge < -0.3 is 24.5 Å². The number of hydrogen-bond donors (Lipinski definition) is 1. The maximum atomic E-state index is 14.8. The Morgan fingerprint density at radius 3 is 2.24 bits per heavy atom. The summed E-state index contributed by atoms with van der Waals surface area (Å²) in [4.78, 5) is 49.1. The molecule has 1 N–H and O–H groups in total. The molecule has 3 aliphatic heterocycles. The van der Waals surface area contributed by atoms with Gasteiger partial charge in [0.05, 0.1) is 23.7 Å². The number of likely N-dealkylation sites (tertiary alicyclic amines) is 1. The summed E-state index contributed by atoms with van der Waals surface area (Å²) in [6.45, 7) is 8.94. The summed E-state index contributed by atoms with van der Waals surface area (Å²) in [7, 11) is 1.60. The van der Waals surface area contributed by atoms with Gasteiger partial charge in [0, 0.05) is 47.7 Å². The number of unbranched alkanes of at least 4 members (excludes halogenated alkanes) is 3. The number of ether oxygens (including phenoxy) is 1. The maximum Gasteiger partial charge on any atom is 0.251 e. The third kappa shape index (κ3) is 6.21. The van der Waals surface area contributed by atoms with E-state index >= 15 is 0 Å². The van der Waals surface area contributed by atoms with Crippen molar-refractivity contribution in [1.29, 1.82) is 0 Å². The van der Waals surface area contributed by atoms with Crippen molar-refractivity contribution >= 4 is 56.8 Å². The van der Waals surface area contributed by atoms with E-state index in [9.17, 15) is 19.5 Å². The third-order valence-electron chi connectivity index (χ3n) is 9.22. The number of hydrogen-bond acceptors (Lipinski definition) is 6. The number of para-hydroxylation sites is 1. The first kappa shape index (κ1) is 33.3. The topological polar surface area (TPSA) is 90.4 Å². The normalized spacial score (nSPS) is 26.4. The van der Waals surface area contributed by atoms with Gasteiger partial charge in [0.1, 0.15) is 11.8 Å². The first-order valence-corrected chi connectivity index (χ1v) is 17.4. The number of benzene rings is 2. The first-order chi connectivity index (χ1) is 21.8. The van der Waals surface area contributed by atoms with Crippen molar-refractivity contribution in [2.75, 3.05) is 43.2 Å². The van der Waals surface area contributed by atoms with Crippen LogP contribution in [0.25, 0.3) is 0 Å². The van der Waals surface area contributed by atoms with Gasteiger partial charge in [-0.05, 0) is 55.7 Å². The van der Waals surface area contributed by atoms with Gasteiger partial charge in [-0.1, -0.05) is 59.1 Å². The molecule has 2 aromatic carbocycles. The Bertz CT molecular complexity index is 1390. The number of carbonyl (C=O) groups is 3. The van der Waals surface area contributed by atoms with Crippen molar-refractivity contribution in [2.24, 2.45) is 11.8 Å². The lowest BCUT2D eigenvalue weighted by atomic mass is 9.70. The van der Waals surface area contributed by atoms with E-state index in [2.05, 4.69) is 29.1 Å². The number of amides is 3. The fraction of sp³-hybridized carbons (Fsp3) is 0.457. The van der Waals surface area contributed by atoms with E-state index in [-0.39, 0.29) is 41.0 Å². The van der Waals surface area contributed by atoms with E-state index < -0.39 is 22.6 Å². The van der Waals surface area contributed by atoms with E-state index in [0.29, 0.717) is 43.8 Å². The average Bonchev–Trinajstić information content (AvgIpc) is 3.65. The van der Waals surface area contributed by atoms with Crippen LogP contribution < -0.4 is 14.5 Å². The van der Waals surface area contributed by atoms with Gasteiger partial charge in [-0.3, -0.25) is 14.4 Å². The fourth-order valence-corrected chi connectivity index (χ4v) is 10.9. The maximum absolute atomic E-state index is 14.8. The zero-order chi connectivity index (χ0) is 32.1. The zero-order valence-corrected chi connectivity index (χ0v) is 28.1. The minimum atomic E-state index is -0.763. The van der Waals surface area contributed by atoms with E-state index in [0.717, 1.165) is 18.5 Å². The van der Waals surface area contributed by atoms with Crippen molar-refractivity contribution in [1.82, 2.24) is 4.90 Å². The molecular weight excluding hydrogens is 654 g/mol. The Hall–Kier alpha value is -3.08. The Morgan fingerprint density at radius 2 is 1.62 bits per heavy atom. The molecule has 2 aromatic rings. The Balaban J connectivity index is 1.54. The number of nitrogens with zero attached hydrogens (tertiary/aromatic N) is 3. The van der Waals surface area contributed by atoms with Crippen LogP contribution in [0.1, 0.15) is 32.1 Å². The van der Waals surface area contributed by atoms with Crippen LogP contribution in [-0.2, 0) is 14.4 Å². The predicted octanol–water partition coefficient (Wildman–Crippen LogP) is 5.45. The molecular formula is C35H42BrN3O5S. The Morgan fingerprint density at radius 1 is 1.00 bits per heavy atom. The van der Waals surface area contributed by atoms with E-state index in [1.165, 1.54) is 0 Å². The number of alkyl halides is 1. The van der Waals surface area contributed by atoms with Crippen molar-refractivity contribution in [2.45, 2.75) is 53.0 Å². The molecule has 6 atom stereocenters. The summed E-state index contributed by atoms with van der Waals surface area (Å²) in [6.07, 6.45) is 7.09. The van der Waals surface area contributed by atoms with Gasteiger partial charge in [-0.2, -0.15) is 0 Å². The number of anilines is 2. The zero-order valence-electron chi connectivity index (χ0n) is 25.7. The van der Waals surface area contributed by atoms with Crippen molar-refractivity contribution in [3.05, 3.63) is 79.9 Å². The number of halogens is 1. The van der Waals surface area contributed by atoms with Crippen LogP contribution in [0, 0.1) is 11.8 Å². The lowest BCUT2D eigenvalue weighted by Crippen LogP contribution is -2.56. The fourth-order valence-electron chi connectivity index (χ4n) is 7.28. The van der Waals surface area contributed by atoms with Gasteiger partial charge in [0.15, 0.2) is 0 Å². The average molecular weight is 697 g/mol. The number of thioether (sulfide) groups is 1. The van der Waals surface area contributed by atoms with Gasteiger partial charge in [-0.15, -0.1) is 24.9 Å². The highest BCUT2D eigenvalue weighted by molar-refractivity contribution is 9.09. The van der Waals surface area contributed by atoms with E-state index in [1.54, 1.807) is 45.7 Å². The molecule has 10 heteroatoms. The number of carbonyl (C=O) groups excluding carboxylic acids is 3. The second-order valence-electron chi connectivity index (χ2n) is 11.8. The smallest absolute Gasteiger partial charge is 0.251 e. The Labute approximate surface area is 278 Å². The van der Waals surface area contributed by atoms with E-state index in [1.807, 2.05) is 54.6 Å². The first-order valence-electron chi connectivity index (χ1n) is 15.6. The lowest BCUT2D eigenvalue weighted by Gasteiger charge is -2.38. The van der Waals surface area contributed by atoms with Crippen molar-refractivity contribution < 1.29 is 24.2 Å². The van der Waals surface area contributed by atoms with Crippen LogP contribution in [0.5, 0.6) is 5.75 Å². The molecule has 5 rings (SSSR count). The predicted molar refractivity (Wildman–Crippen MR) is 184 cm³/mol. The molecule has 8 nitrogen and oxygen atoms in total. The number of fused-ring (bicyclic) bond motifs is 1. The lowest BCUT2D eigenvalue weighted by molar-refractivity contribution is -0.139. The molecule has 0 aromatic heterocycles.